The third-order valence-electron chi connectivity index (χ3n) is 2.60. The van der Waals surface area contributed by atoms with Crippen LogP contribution in [0.4, 0.5) is 0 Å². The van der Waals surface area contributed by atoms with Crippen molar-refractivity contribution in [2.45, 2.75) is 6.61 Å². The fraction of sp³-hybridized carbons (Fsp3) is 0.0714. The van der Waals surface area contributed by atoms with Gasteiger partial charge in [-0.15, -0.1) is 11.3 Å². The molecule has 0 radical (unpaired) electrons. The Balaban J connectivity index is 1.68. The fourth-order valence-electron chi connectivity index (χ4n) is 1.62. The first kappa shape index (κ1) is 13.5. The van der Waals surface area contributed by atoms with Crippen molar-refractivity contribution in [3.63, 3.8) is 0 Å². The highest BCUT2D eigenvalue weighted by atomic mass is 35.5. The van der Waals surface area contributed by atoms with Gasteiger partial charge < -0.3 is 9.15 Å². The molecule has 2 heterocycles. The largest absolute Gasteiger partial charge is 0.487 e. The Morgan fingerprint density at radius 2 is 2.10 bits per heavy atom. The molecule has 0 aliphatic carbocycles. The number of aromatic nitrogens is 1. The Labute approximate surface area is 129 Å². The fourth-order valence-corrected chi connectivity index (χ4v) is 2.69. The third kappa shape index (κ3) is 2.98. The second kappa shape index (κ2) is 5.87. The van der Waals surface area contributed by atoms with Gasteiger partial charge in [-0.25, -0.2) is 4.98 Å². The number of thiazole rings is 1. The van der Waals surface area contributed by atoms with Crippen LogP contribution in [0.5, 0.6) is 5.75 Å². The van der Waals surface area contributed by atoms with Gasteiger partial charge in [-0.2, -0.15) is 0 Å². The lowest BCUT2D eigenvalue weighted by atomic mass is 10.3. The number of hydrogen-bond donors (Lipinski definition) is 0. The van der Waals surface area contributed by atoms with Gasteiger partial charge in [0.1, 0.15) is 23.6 Å². The molecule has 0 spiro atoms. The Hall–Kier alpha value is -1.49. The van der Waals surface area contributed by atoms with E-state index in [1.807, 2.05) is 11.4 Å². The van der Waals surface area contributed by atoms with Gasteiger partial charge in [0.2, 0.25) is 0 Å². The molecule has 0 bridgehead atoms. The first-order valence-electron chi connectivity index (χ1n) is 5.77. The van der Waals surface area contributed by atoms with Crippen LogP contribution in [0.3, 0.4) is 0 Å². The summed E-state index contributed by atoms with van der Waals surface area (Å²) < 4.78 is 10.7. The lowest BCUT2D eigenvalue weighted by Gasteiger charge is -2.05. The average molecular weight is 326 g/mol. The molecule has 3 aromatic rings. The van der Waals surface area contributed by atoms with Crippen molar-refractivity contribution >= 4 is 34.5 Å². The van der Waals surface area contributed by atoms with E-state index >= 15 is 0 Å². The maximum Gasteiger partial charge on any atom is 0.131 e. The Morgan fingerprint density at radius 1 is 1.20 bits per heavy atom. The minimum atomic E-state index is 0.381. The third-order valence-corrected chi connectivity index (χ3v) is 4.28. The smallest absolute Gasteiger partial charge is 0.131 e. The lowest BCUT2D eigenvalue weighted by molar-refractivity contribution is 0.302. The van der Waals surface area contributed by atoms with Crippen molar-refractivity contribution in [1.29, 1.82) is 0 Å². The number of hydrogen-bond acceptors (Lipinski definition) is 4. The standard InChI is InChI=1S/C14H9Cl2NO2S/c15-12-2-1-11(5-13(12)16)19-7-10-8-20-14(17-10)9-3-4-18-6-9/h1-6,8H,7H2. The van der Waals surface area contributed by atoms with E-state index in [4.69, 9.17) is 32.4 Å². The molecule has 0 amide bonds. The monoisotopic (exact) mass is 325 g/mol. The molecule has 0 aliphatic heterocycles. The van der Waals surface area contributed by atoms with E-state index in [-0.39, 0.29) is 0 Å². The first-order chi connectivity index (χ1) is 9.72. The highest BCUT2D eigenvalue weighted by Crippen LogP contribution is 2.28. The number of furan rings is 1. The van der Waals surface area contributed by atoms with Crippen LogP contribution in [-0.4, -0.2) is 4.98 Å². The van der Waals surface area contributed by atoms with Crippen LogP contribution in [0.2, 0.25) is 10.0 Å². The minimum absolute atomic E-state index is 0.381. The van der Waals surface area contributed by atoms with E-state index in [1.54, 1.807) is 42.1 Å². The van der Waals surface area contributed by atoms with Crippen LogP contribution in [0.25, 0.3) is 10.6 Å². The van der Waals surface area contributed by atoms with E-state index in [0.29, 0.717) is 22.4 Å². The average Bonchev–Trinajstić information content (AvgIpc) is 3.09. The van der Waals surface area contributed by atoms with E-state index in [9.17, 15) is 0 Å². The summed E-state index contributed by atoms with van der Waals surface area (Å²) in [6.07, 6.45) is 3.30. The summed E-state index contributed by atoms with van der Waals surface area (Å²) in [6, 6.07) is 7.05. The molecule has 3 nitrogen and oxygen atoms in total. The van der Waals surface area contributed by atoms with Crippen LogP contribution >= 0.6 is 34.5 Å². The van der Waals surface area contributed by atoms with Gasteiger partial charge in [0, 0.05) is 17.0 Å². The van der Waals surface area contributed by atoms with Crippen molar-refractivity contribution in [3.8, 4) is 16.3 Å². The molecule has 6 heteroatoms. The van der Waals surface area contributed by atoms with Gasteiger partial charge in [-0.05, 0) is 18.2 Å². The molecule has 0 atom stereocenters. The SMILES string of the molecule is Clc1ccc(OCc2csc(-c3ccoc3)n2)cc1Cl. The molecule has 20 heavy (non-hydrogen) atoms. The van der Waals surface area contributed by atoms with E-state index < -0.39 is 0 Å². The van der Waals surface area contributed by atoms with Gasteiger partial charge in [0.05, 0.1) is 22.0 Å². The van der Waals surface area contributed by atoms with Crippen LogP contribution in [0.15, 0.2) is 46.6 Å². The van der Waals surface area contributed by atoms with Crippen molar-refractivity contribution < 1.29 is 9.15 Å². The summed E-state index contributed by atoms with van der Waals surface area (Å²) in [5.74, 6) is 0.664. The van der Waals surface area contributed by atoms with Crippen LogP contribution in [0, 0.1) is 0 Å². The highest BCUT2D eigenvalue weighted by molar-refractivity contribution is 7.13. The molecule has 0 aliphatic rings. The van der Waals surface area contributed by atoms with Crippen LogP contribution < -0.4 is 4.74 Å². The number of benzene rings is 1. The summed E-state index contributed by atoms with van der Waals surface area (Å²) in [4.78, 5) is 4.48. The molecule has 102 valence electrons. The number of nitrogens with zero attached hydrogens (tertiary/aromatic N) is 1. The summed E-state index contributed by atoms with van der Waals surface area (Å²) in [5, 5.41) is 3.85. The van der Waals surface area contributed by atoms with Crippen molar-refractivity contribution in [2.75, 3.05) is 0 Å². The zero-order chi connectivity index (χ0) is 13.9. The molecule has 0 unspecified atom stereocenters. The van der Waals surface area contributed by atoms with Gasteiger partial charge >= 0.3 is 0 Å². The summed E-state index contributed by atoms with van der Waals surface area (Å²) >= 11 is 13.3. The number of rotatable bonds is 4. The zero-order valence-corrected chi connectivity index (χ0v) is 12.5. The van der Waals surface area contributed by atoms with Gasteiger partial charge in [-0.3, -0.25) is 0 Å². The molecule has 2 aromatic heterocycles. The van der Waals surface area contributed by atoms with Crippen molar-refractivity contribution in [1.82, 2.24) is 4.98 Å². The lowest BCUT2D eigenvalue weighted by Crippen LogP contribution is -1.95. The van der Waals surface area contributed by atoms with Gasteiger partial charge in [-0.1, -0.05) is 23.2 Å². The topological polar surface area (TPSA) is 35.3 Å². The molecule has 0 fully saturated rings. The molecular weight excluding hydrogens is 317 g/mol. The molecule has 0 N–H and O–H groups in total. The van der Waals surface area contributed by atoms with Crippen molar-refractivity contribution in [3.05, 3.63) is 57.9 Å². The quantitative estimate of drug-likeness (QED) is 0.653. The predicted octanol–water partition coefficient (Wildman–Crippen LogP) is 5.29. The molecule has 1 aromatic carbocycles. The Kier molecular flexibility index (Phi) is 3.96. The second-order valence-electron chi connectivity index (χ2n) is 4.02. The van der Waals surface area contributed by atoms with Crippen molar-refractivity contribution in [2.24, 2.45) is 0 Å². The minimum Gasteiger partial charge on any atom is -0.487 e. The zero-order valence-electron chi connectivity index (χ0n) is 10.2. The van der Waals surface area contributed by atoms with Crippen LogP contribution in [0.1, 0.15) is 5.69 Å². The van der Waals surface area contributed by atoms with E-state index in [0.717, 1.165) is 16.3 Å². The summed E-state index contributed by atoms with van der Waals surface area (Å²) in [7, 11) is 0. The van der Waals surface area contributed by atoms with Gasteiger partial charge in [0.25, 0.3) is 0 Å². The van der Waals surface area contributed by atoms with E-state index in [1.165, 1.54) is 0 Å². The summed E-state index contributed by atoms with van der Waals surface area (Å²) in [5.41, 5.74) is 1.83. The maximum absolute atomic E-state index is 5.93. The Bertz CT molecular complexity index is 710. The van der Waals surface area contributed by atoms with Gasteiger partial charge in [0.15, 0.2) is 0 Å². The number of ether oxygens (including phenoxy) is 1. The first-order valence-corrected chi connectivity index (χ1v) is 7.41. The Morgan fingerprint density at radius 3 is 2.85 bits per heavy atom. The molecule has 0 saturated carbocycles. The second-order valence-corrected chi connectivity index (χ2v) is 5.69. The normalized spacial score (nSPS) is 10.7. The summed E-state index contributed by atoms with van der Waals surface area (Å²) in [6.45, 7) is 0.381. The molecule has 3 rings (SSSR count). The van der Waals surface area contributed by atoms with E-state index in [2.05, 4.69) is 4.98 Å². The highest BCUT2D eigenvalue weighted by Gasteiger charge is 2.07. The molecular formula is C14H9Cl2NO2S. The molecule has 0 saturated heterocycles. The number of halogens is 2. The maximum atomic E-state index is 5.93. The van der Waals surface area contributed by atoms with Crippen LogP contribution in [-0.2, 0) is 6.61 Å². The predicted molar refractivity (Wildman–Crippen MR) is 80.6 cm³/mol.